The smallest absolute Gasteiger partial charge is 0.259 e. The van der Waals surface area contributed by atoms with Crippen molar-refractivity contribution in [3.63, 3.8) is 0 Å². The molecule has 0 bridgehead atoms. The lowest BCUT2D eigenvalue weighted by Crippen LogP contribution is -2.32. The third-order valence-corrected chi connectivity index (χ3v) is 4.73. The van der Waals surface area contributed by atoms with Crippen molar-refractivity contribution < 1.29 is 14.3 Å². The molecule has 1 heterocycles. The van der Waals surface area contributed by atoms with Gasteiger partial charge >= 0.3 is 0 Å². The monoisotopic (exact) mass is 384 g/mol. The second kappa shape index (κ2) is 8.02. The summed E-state index contributed by atoms with van der Waals surface area (Å²) in [6, 6.07) is 24.3. The van der Waals surface area contributed by atoms with E-state index in [0.717, 1.165) is 11.1 Å². The molecule has 4 rings (SSSR count). The van der Waals surface area contributed by atoms with Crippen LogP contribution in [0.3, 0.4) is 0 Å². The van der Waals surface area contributed by atoms with Crippen molar-refractivity contribution in [1.82, 2.24) is 4.90 Å². The van der Waals surface area contributed by atoms with Gasteiger partial charge in [0, 0.05) is 22.5 Å². The normalized spacial score (nSPS) is 12.6. The molecule has 0 radical (unpaired) electrons. The van der Waals surface area contributed by atoms with Gasteiger partial charge in [-0.25, -0.2) is 0 Å². The van der Waals surface area contributed by atoms with Crippen molar-refractivity contribution in [1.29, 1.82) is 0 Å². The number of amides is 2. The van der Waals surface area contributed by atoms with Crippen molar-refractivity contribution in [2.24, 2.45) is 0 Å². The maximum atomic E-state index is 12.5. The number of anilines is 1. The first-order valence-electron chi connectivity index (χ1n) is 9.28. The first kappa shape index (κ1) is 18.5. The van der Waals surface area contributed by atoms with Gasteiger partial charge in [0.05, 0.1) is 0 Å². The van der Waals surface area contributed by atoms with Crippen LogP contribution in [0.15, 0.2) is 85.4 Å². The summed E-state index contributed by atoms with van der Waals surface area (Å²) in [5.74, 6) is 0.223. The van der Waals surface area contributed by atoms with E-state index in [9.17, 15) is 9.59 Å². The van der Waals surface area contributed by atoms with Crippen molar-refractivity contribution in [3.8, 4) is 5.75 Å². The Morgan fingerprint density at radius 2 is 1.55 bits per heavy atom. The summed E-state index contributed by atoms with van der Waals surface area (Å²) in [6.45, 7) is 4.35. The van der Waals surface area contributed by atoms with Crippen molar-refractivity contribution in [2.45, 2.75) is 6.61 Å². The predicted molar refractivity (Wildman–Crippen MR) is 112 cm³/mol. The topological polar surface area (TPSA) is 58.6 Å². The number of rotatable bonds is 6. The fourth-order valence-electron chi connectivity index (χ4n) is 3.22. The second-order valence-corrected chi connectivity index (χ2v) is 6.73. The molecule has 5 nitrogen and oxygen atoms in total. The van der Waals surface area contributed by atoms with Crippen LogP contribution < -0.4 is 10.1 Å². The summed E-state index contributed by atoms with van der Waals surface area (Å²) >= 11 is 0. The quantitative estimate of drug-likeness (QED) is 0.688. The van der Waals surface area contributed by atoms with Gasteiger partial charge in [-0.05, 0) is 35.9 Å². The van der Waals surface area contributed by atoms with E-state index in [1.165, 1.54) is 4.90 Å². The number of nitrogens with zero attached hydrogens (tertiary/aromatic N) is 1. The number of nitrogens with one attached hydrogen (secondary N) is 1. The van der Waals surface area contributed by atoms with Crippen LogP contribution in [0, 0.1) is 0 Å². The van der Waals surface area contributed by atoms with Gasteiger partial charge in [-0.1, -0.05) is 55.1 Å². The number of carbonyl (C=O) groups excluding carboxylic acids is 2. The molecule has 3 aromatic carbocycles. The minimum Gasteiger partial charge on any atom is -0.489 e. The molecule has 1 aliphatic rings. The molecule has 0 saturated carbocycles. The molecule has 3 aromatic rings. The Morgan fingerprint density at radius 3 is 2.24 bits per heavy atom. The summed E-state index contributed by atoms with van der Waals surface area (Å²) in [6.07, 6.45) is 0. The predicted octanol–water partition coefficient (Wildman–Crippen LogP) is 4.33. The first-order valence-corrected chi connectivity index (χ1v) is 9.28. The van der Waals surface area contributed by atoms with Crippen LogP contribution in [0.25, 0.3) is 5.70 Å². The van der Waals surface area contributed by atoms with Gasteiger partial charge in [0.1, 0.15) is 18.9 Å². The minimum atomic E-state index is -0.287. The van der Waals surface area contributed by atoms with E-state index in [4.69, 9.17) is 4.74 Å². The Bertz CT molecular complexity index is 1020. The summed E-state index contributed by atoms with van der Waals surface area (Å²) in [5.41, 5.74) is 3.61. The number of carbonyl (C=O) groups is 2. The minimum absolute atomic E-state index is 0.0847. The molecule has 0 unspecified atom stereocenters. The summed E-state index contributed by atoms with van der Waals surface area (Å²) < 4.78 is 5.75. The number of hydrogen-bond donors (Lipinski definition) is 1. The van der Waals surface area contributed by atoms with Crippen molar-refractivity contribution in [3.05, 3.63) is 102 Å². The highest BCUT2D eigenvalue weighted by Crippen LogP contribution is 2.30. The molecule has 5 heteroatoms. The lowest BCUT2D eigenvalue weighted by Gasteiger charge is -2.17. The van der Waals surface area contributed by atoms with Gasteiger partial charge in [-0.2, -0.15) is 0 Å². The van der Waals surface area contributed by atoms with E-state index >= 15 is 0 Å². The zero-order valence-corrected chi connectivity index (χ0v) is 15.8. The van der Waals surface area contributed by atoms with Gasteiger partial charge in [0.25, 0.3) is 5.91 Å². The fourth-order valence-corrected chi connectivity index (χ4v) is 3.22. The van der Waals surface area contributed by atoms with E-state index in [2.05, 4.69) is 11.9 Å². The molecule has 1 aliphatic heterocycles. The molecule has 0 spiro atoms. The van der Waals surface area contributed by atoms with E-state index in [0.29, 0.717) is 29.3 Å². The van der Waals surface area contributed by atoms with Gasteiger partial charge in [-0.3, -0.25) is 14.5 Å². The molecule has 0 saturated heterocycles. The summed E-state index contributed by atoms with van der Waals surface area (Å²) in [7, 11) is 0. The summed E-state index contributed by atoms with van der Waals surface area (Å²) in [5, 5.41) is 2.81. The maximum absolute atomic E-state index is 12.5. The van der Waals surface area contributed by atoms with E-state index in [1.54, 1.807) is 36.4 Å². The van der Waals surface area contributed by atoms with Crippen molar-refractivity contribution >= 4 is 23.2 Å². The molecular weight excluding hydrogens is 364 g/mol. The van der Waals surface area contributed by atoms with Gasteiger partial charge in [0.2, 0.25) is 5.91 Å². The van der Waals surface area contributed by atoms with Crippen LogP contribution in [-0.4, -0.2) is 23.3 Å². The average Bonchev–Trinajstić information content (AvgIpc) is 2.99. The van der Waals surface area contributed by atoms with Crippen LogP contribution in [0.5, 0.6) is 5.75 Å². The third-order valence-electron chi connectivity index (χ3n) is 4.73. The van der Waals surface area contributed by atoms with Crippen LogP contribution in [0.1, 0.15) is 21.5 Å². The molecule has 0 aromatic heterocycles. The average molecular weight is 384 g/mol. The van der Waals surface area contributed by atoms with Crippen LogP contribution >= 0.6 is 0 Å². The molecule has 0 atom stereocenters. The molecule has 144 valence electrons. The Morgan fingerprint density at radius 1 is 0.897 bits per heavy atom. The van der Waals surface area contributed by atoms with Crippen molar-refractivity contribution in [2.75, 3.05) is 11.9 Å². The highest BCUT2D eigenvalue weighted by Gasteiger charge is 2.31. The Labute approximate surface area is 169 Å². The number of benzene rings is 3. The van der Waals surface area contributed by atoms with Gasteiger partial charge in [-0.15, -0.1) is 0 Å². The molecule has 0 aliphatic carbocycles. The number of hydrogen-bond acceptors (Lipinski definition) is 3. The summed E-state index contributed by atoms with van der Waals surface area (Å²) in [4.78, 5) is 26.3. The van der Waals surface area contributed by atoms with Gasteiger partial charge < -0.3 is 10.1 Å². The Balaban J connectivity index is 1.33. The van der Waals surface area contributed by atoms with E-state index in [1.807, 2.05) is 42.5 Å². The Kier molecular flexibility index (Phi) is 5.12. The van der Waals surface area contributed by atoms with E-state index < -0.39 is 0 Å². The number of ether oxygens (including phenoxy) is 1. The Hall–Kier alpha value is -3.86. The number of fused-ring (bicyclic) bond motifs is 1. The molecule has 2 amide bonds. The molecule has 0 fully saturated rings. The first-order chi connectivity index (χ1) is 14.1. The maximum Gasteiger partial charge on any atom is 0.259 e. The van der Waals surface area contributed by atoms with Crippen LogP contribution in [-0.2, 0) is 11.4 Å². The largest absolute Gasteiger partial charge is 0.489 e. The van der Waals surface area contributed by atoms with Crippen LogP contribution in [0.2, 0.25) is 0 Å². The zero-order chi connectivity index (χ0) is 20.2. The molecular formula is C24H20N2O3. The lowest BCUT2D eigenvalue weighted by molar-refractivity contribution is -0.116. The van der Waals surface area contributed by atoms with Crippen LogP contribution in [0.4, 0.5) is 5.69 Å². The van der Waals surface area contributed by atoms with E-state index in [-0.39, 0.29) is 18.4 Å². The lowest BCUT2D eigenvalue weighted by atomic mass is 10.1. The zero-order valence-electron chi connectivity index (χ0n) is 15.8. The highest BCUT2D eigenvalue weighted by atomic mass is 16.5. The molecule has 1 N–H and O–H groups in total. The third kappa shape index (κ3) is 4.04. The van der Waals surface area contributed by atoms with Gasteiger partial charge in [0.15, 0.2) is 0 Å². The fraction of sp³-hybridized carbons (Fsp3) is 0.0833. The molecule has 29 heavy (non-hydrogen) atoms. The highest BCUT2D eigenvalue weighted by molar-refractivity contribution is 6.11. The SMILES string of the molecule is C=C1c2ccccc2C(=O)N1CC(=O)Nc1ccc(OCc2ccccc2)cc1. The standard InChI is InChI=1S/C24H20N2O3/c1-17-21-9-5-6-10-22(21)24(28)26(17)15-23(27)25-19-11-13-20(14-12-19)29-16-18-7-3-2-4-8-18/h2-14H,1,15-16H2,(H,25,27). The second-order valence-electron chi connectivity index (χ2n) is 6.73.